The van der Waals surface area contributed by atoms with E-state index in [1.165, 1.54) is 4.90 Å². The van der Waals surface area contributed by atoms with Gasteiger partial charge in [-0.1, -0.05) is 32.9 Å². The third-order valence-corrected chi connectivity index (χ3v) is 10.4. The standard InChI is InChI=1S/C20H35NO4Si/c1-18(2,3)25-17(23)21-15(14-24-26(7,8)19(4,5)6)13-20(16(21)22)11-9-10-12-20/h9-10,15H,11-14H2,1-8H3. The molecule has 1 atom stereocenters. The van der Waals surface area contributed by atoms with Crippen LogP contribution in [0.4, 0.5) is 4.79 Å². The summed E-state index contributed by atoms with van der Waals surface area (Å²) in [4.78, 5) is 27.2. The molecule has 0 aromatic carbocycles. The van der Waals surface area contributed by atoms with Crippen molar-refractivity contribution in [2.45, 2.75) is 90.6 Å². The largest absolute Gasteiger partial charge is 0.443 e. The molecule has 1 heterocycles. The van der Waals surface area contributed by atoms with Gasteiger partial charge in [0.2, 0.25) is 5.91 Å². The Morgan fingerprint density at radius 1 is 1.19 bits per heavy atom. The second-order valence-corrected chi connectivity index (χ2v) is 15.1. The van der Waals surface area contributed by atoms with Crippen molar-refractivity contribution in [1.29, 1.82) is 0 Å². The van der Waals surface area contributed by atoms with Gasteiger partial charge in [-0.25, -0.2) is 9.69 Å². The maximum Gasteiger partial charge on any atom is 0.417 e. The molecule has 0 bridgehead atoms. The Hall–Kier alpha value is -1.14. The van der Waals surface area contributed by atoms with Crippen LogP contribution >= 0.6 is 0 Å². The van der Waals surface area contributed by atoms with Gasteiger partial charge in [-0.3, -0.25) is 4.79 Å². The SMILES string of the molecule is CC(C)(C)OC(=O)N1C(=O)C2(CC=CC2)CC1CO[Si](C)(C)C(C)(C)C. The highest BCUT2D eigenvalue weighted by atomic mass is 28.4. The Bertz CT molecular complexity index is 590. The molecule has 2 amide bonds. The van der Waals surface area contributed by atoms with Gasteiger partial charge < -0.3 is 9.16 Å². The molecule has 0 N–H and O–H groups in total. The smallest absolute Gasteiger partial charge is 0.417 e. The molecular formula is C20H35NO4Si. The number of likely N-dealkylation sites (tertiary alicyclic amines) is 1. The van der Waals surface area contributed by atoms with Crippen molar-refractivity contribution in [2.75, 3.05) is 6.61 Å². The summed E-state index contributed by atoms with van der Waals surface area (Å²) in [5.74, 6) is -0.111. The van der Waals surface area contributed by atoms with E-state index >= 15 is 0 Å². The Balaban J connectivity index is 2.20. The van der Waals surface area contributed by atoms with Crippen molar-refractivity contribution in [3.8, 4) is 0 Å². The van der Waals surface area contributed by atoms with Crippen LogP contribution in [-0.4, -0.2) is 43.5 Å². The molecule has 0 saturated carbocycles. The molecular weight excluding hydrogens is 346 g/mol. The lowest BCUT2D eigenvalue weighted by Gasteiger charge is -2.37. The first-order chi connectivity index (χ1) is 11.7. The molecule has 2 rings (SSSR count). The highest BCUT2D eigenvalue weighted by molar-refractivity contribution is 6.74. The van der Waals surface area contributed by atoms with Gasteiger partial charge in [0, 0.05) is 0 Å². The lowest BCUT2D eigenvalue weighted by molar-refractivity contribution is -0.135. The molecule has 1 aliphatic carbocycles. The van der Waals surface area contributed by atoms with Crippen LogP contribution in [0.5, 0.6) is 0 Å². The summed E-state index contributed by atoms with van der Waals surface area (Å²) in [5.41, 5.74) is -1.12. The van der Waals surface area contributed by atoms with Gasteiger partial charge >= 0.3 is 6.09 Å². The fourth-order valence-electron chi connectivity index (χ4n) is 3.29. The van der Waals surface area contributed by atoms with Crippen molar-refractivity contribution in [2.24, 2.45) is 5.41 Å². The van der Waals surface area contributed by atoms with E-state index < -0.39 is 25.4 Å². The number of rotatable bonds is 3. The summed E-state index contributed by atoms with van der Waals surface area (Å²) in [6, 6.07) is -0.258. The fraction of sp³-hybridized carbons (Fsp3) is 0.800. The van der Waals surface area contributed by atoms with Crippen molar-refractivity contribution in [1.82, 2.24) is 4.90 Å². The summed E-state index contributed by atoms with van der Waals surface area (Å²) < 4.78 is 11.9. The zero-order chi connectivity index (χ0) is 20.0. The van der Waals surface area contributed by atoms with Gasteiger partial charge in [0.1, 0.15) is 5.60 Å². The quantitative estimate of drug-likeness (QED) is 0.516. The third kappa shape index (κ3) is 4.22. The average molecular weight is 382 g/mol. The molecule has 5 nitrogen and oxygen atoms in total. The van der Waals surface area contributed by atoms with Gasteiger partial charge in [-0.15, -0.1) is 0 Å². The lowest BCUT2D eigenvalue weighted by atomic mass is 9.82. The van der Waals surface area contributed by atoms with Crippen LogP contribution in [0.15, 0.2) is 12.2 Å². The van der Waals surface area contributed by atoms with E-state index in [1.807, 2.05) is 32.9 Å². The van der Waals surface area contributed by atoms with E-state index in [-0.39, 0.29) is 17.0 Å². The summed E-state index contributed by atoms with van der Waals surface area (Å²) in [7, 11) is -1.96. The minimum Gasteiger partial charge on any atom is -0.443 e. The second kappa shape index (κ2) is 6.79. The van der Waals surface area contributed by atoms with E-state index in [4.69, 9.17) is 9.16 Å². The third-order valence-electron chi connectivity index (χ3n) is 5.88. The highest BCUT2D eigenvalue weighted by Crippen LogP contribution is 2.47. The van der Waals surface area contributed by atoms with E-state index in [0.29, 0.717) is 25.9 Å². The predicted molar refractivity (Wildman–Crippen MR) is 105 cm³/mol. The van der Waals surface area contributed by atoms with Crippen LogP contribution in [-0.2, 0) is 14.0 Å². The van der Waals surface area contributed by atoms with Crippen molar-refractivity contribution >= 4 is 20.3 Å². The molecule has 1 saturated heterocycles. The summed E-state index contributed by atoms with van der Waals surface area (Å²) in [6.45, 7) is 16.8. The Kier molecular flexibility index (Phi) is 5.52. The molecule has 1 fully saturated rings. The Labute approximate surface area is 159 Å². The average Bonchev–Trinajstić information content (AvgIpc) is 3.01. The van der Waals surface area contributed by atoms with Gasteiger partial charge in [0.15, 0.2) is 8.32 Å². The molecule has 26 heavy (non-hydrogen) atoms. The van der Waals surface area contributed by atoms with Crippen LogP contribution in [0.1, 0.15) is 60.8 Å². The molecule has 1 aliphatic heterocycles. The van der Waals surface area contributed by atoms with Gasteiger partial charge in [0.25, 0.3) is 0 Å². The van der Waals surface area contributed by atoms with E-state index in [9.17, 15) is 9.59 Å². The lowest BCUT2D eigenvalue weighted by Crippen LogP contribution is -2.48. The number of hydrogen-bond donors (Lipinski definition) is 0. The van der Waals surface area contributed by atoms with Gasteiger partial charge in [-0.05, 0) is 58.2 Å². The molecule has 1 spiro atoms. The molecule has 6 heteroatoms. The normalized spacial score (nSPS) is 23.2. The first-order valence-electron chi connectivity index (χ1n) is 9.54. The minimum atomic E-state index is -1.96. The van der Waals surface area contributed by atoms with Crippen LogP contribution in [0.2, 0.25) is 18.1 Å². The summed E-state index contributed by atoms with van der Waals surface area (Å²) in [6.07, 6.45) is 5.58. The van der Waals surface area contributed by atoms with Crippen LogP contribution in [0.3, 0.4) is 0 Å². The van der Waals surface area contributed by atoms with E-state index in [1.54, 1.807) is 0 Å². The molecule has 148 valence electrons. The zero-order valence-corrected chi connectivity index (χ0v) is 18.6. The molecule has 0 aromatic heterocycles. The molecule has 2 aliphatic rings. The number of imide groups is 1. The Morgan fingerprint density at radius 3 is 2.19 bits per heavy atom. The number of carbonyl (C=O) groups is 2. The summed E-state index contributed by atoms with van der Waals surface area (Å²) in [5, 5.41) is 0.0823. The number of ether oxygens (including phenoxy) is 1. The summed E-state index contributed by atoms with van der Waals surface area (Å²) >= 11 is 0. The van der Waals surface area contributed by atoms with E-state index in [0.717, 1.165) is 0 Å². The zero-order valence-electron chi connectivity index (χ0n) is 17.6. The monoisotopic (exact) mass is 381 g/mol. The Morgan fingerprint density at radius 2 is 1.73 bits per heavy atom. The predicted octanol–water partition coefficient (Wildman–Crippen LogP) is 4.88. The molecule has 0 aromatic rings. The second-order valence-electron chi connectivity index (χ2n) is 10.2. The maximum atomic E-state index is 13.1. The van der Waals surface area contributed by atoms with Crippen molar-refractivity contribution in [3.05, 3.63) is 12.2 Å². The fourth-order valence-corrected chi connectivity index (χ4v) is 4.33. The number of carbonyl (C=O) groups excluding carboxylic acids is 2. The van der Waals surface area contributed by atoms with Crippen molar-refractivity contribution < 1.29 is 18.8 Å². The molecule has 0 radical (unpaired) electrons. The number of allylic oxidation sites excluding steroid dienone is 2. The van der Waals surface area contributed by atoms with Crippen molar-refractivity contribution in [3.63, 3.8) is 0 Å². The number of hydrogen-bond acceptors (Lipinski definition) is 4. The molecule has 1 unspecified atom stereocenters. The minimum absolute atomic E-state index is 0.0823. The number of amides is 2. The van der Waals surface area contributed by atoms with Crippen LogP contribution in [0, 0.1) is 5.41 Å². The maximum absolute atomic E-state index is 13.1. The van der Waals surface area contributed by atoms with E-state index in [2.05, 4.69) is 33.9 Å². The first kappa shape index (κ1) is 21.2. The van der Waals surface area contributed by atoms with Crippen LogP contribution < -0.4 is 0 Å². The van der Waals surface area contributed by atoms with Gasteiger partial charge in [0.05, 0.1) is 18.1 Å². The highest BCUT2D eigenvalue weighted by Gasteiger charge is 2.55. The van der Waals surface area contributed by atoms with Crippen LogP contribution in [0.25, 0.3) is 0 Å². The first-order valence-corrected chi connectivity index (χ1v) is 12.4. The van der Waals surface area contributed by atoms with Gasteiger partial charge in [-0.2, -0.15) is 0 Å². The topological polar surface area (TPSA) is 55.8 Å². The number of nitrogens with zero attached hydrogens (tertiary/aromatic N) is 1.